The molecule has 0 unspecified atom stereocenters. The van der Waals surface area contributed by atoms with Crippen LogP contribution in [0, 0.1) is 11.8 Å². The molecule has 3 nitrogen and oxygen atoms in total. The van der Waals surface area contributed by atoms with Crippen molar-refractivity contribution in [2.24, 2.45) is 0 Å². The quantitative estimate of drug-likeness (QED) is 0.472. The first-order chi connectivity index (χ1) is 8.13. The van der Waals surface area contributed by atoms with Crippen molar-refractivity contribution in [3.63, 3.8) is 0 Å². The van der Waals surface area contributed by atoms with Crippen LogP contribution in [0.5, 0.6) is 0 Å². The fraction of sp³-hybridized carbons (Fsp3) is 0.357. The highest BCUT2D eigenvalue weighted by Gasteiger charge is 1.96. The van der Waals surface area contributed by atoms with Crippen LogP contribution in [0.1, 0.15) is 31.4 Å². The Morgan fingerprint density at radius 2 is 2.24 bits per heavy atom. The Bertz CT molecular complexity index is 455. The predicted molar refractivity (Wildman–Crippen MR) is 70.4 cm³/mol. The Morgan fingerprint density at radius 3 is 2.88 bits per heavy atom. The maximum atomic E-state index is 10.6. The van der Waals surface area contributed by atoms with E-state index in [1.54, 1.807) is 0 Å². The fourth-order valence-corrected chi connectivity index (χ4v) is 1.46. The van der Waals surface area contributed by atoms with Gasteiger partial charge in [-0.25, -0.2) is 0 Å². The van der Waals surface area contributed by atoms with E-state index in [1.807, 2.05) is 18.2 Å². The summed E-state index contributed by atoms with van der Waals surface area (Å²) in [4.78, 5) is 10.6. The van der Waals surface area contributed by atoms with E-state index in [4.69, 9.17) is 5.73 Å². The minimum atomic E-state index is -0.0208. The zero-order valence-electron chi connectivity index (χ0n) is 10.3. The second-order valence-electron chi connectivity index (χ2n) is 3.80. The minimum Gasteiger partial charge on any atom is -0.399 e. The number of anilines is 1. The maximum absolute atomic E-state index is 10.6. The average molecular weight is 230 g/mol. The number of carbonyl (C=O) groups excluding carboxylic acids is 1. The monoisotopic (exact) mass is 230 g/mol. The summed E-state index contributed by atoms with van der Waals surface area (Å²) in [5.74, 6) is 6.06. The molecule has 0 bridgehead atoms. The predicted octanol–water partition coefficient (Wildman–Crippen LogP) is 1.71. The van der Waals surface area contributed by atoms with Crippen molar-refractivity contribution in [3.8, 4) is 11.8 Å². The van der Waals surface area contributed by atoms with E-state index in [2.05, 4.69) is 24.1 Å². The first-order valence-electron chi connectivity index (χ1n) is 5.75. The molecular weight excluding hydrogens is 212 g/mol. The standard InChI is InChI=1S/C14H18N2O/c1-3-13-10-12(7-8-14(13)15)6-4-5-9-16-11(2)17/h7-8,10H,3,5,9,15H2,1-2H3,(H,16,17). The van der Waals surface area contributed by atoms with Crippen LogP contribution >= 0.6 is 0 Å². The lowest BCUT2D eigenvalue weighted by Crippen LogP contribution is -2.20. The molecule has 0 spiro atoms. The molecule has 90 valence electrons. The van der Waals surface area contributed by atoms with Crippen molar-refractivity contribution >= 4 is 11.6 Å². The summed E-state index contributed by atoms with van der Waals surface area (Å²) in [6, 6.07) is 5.82. The minimum absolute atomic E-state index is 0.0208. The van der Waals surface area contributed by atoms with Gasteiger partial charge in [0.05, 0.1) is 0 Å². The summed E-state index contributed by atoms with van der Waals surface area (Å²) < 4.78 is 0. The topological polar surface area (TPSA) is 55.1 Å². The van der Waals surface area contributed by atoms with Crippen molar-refractivity contribution in [2.45, 2.75) is 26.7 Å². The lowest BCUT2D eigenvalue weighted by molar-refractivity contribution is -0.118. The van der Waals surface area contributed by atoms with Crippen LogP contribution in [-0.2, 0) is 11.2 Å². The number of benzene rings is 1. The molecule has 0 atom stereocenters. The summed E-state index contributed by atoms with van der Waals surface area (Å²) in [6.45, 7) is 4.17. The maximum Gasteiger partial charge on any atom is 0.216 e. The molecule has 17 heavy (non-hydrogen) atoms. The van der Waals surface area contributed by atoms with Gasteiger partial charge in [-0.1, -0.05) is 18.8 Å². The second-order valence-corrected chi connectivity index (χ2v) is 3.80. The van der Waals surface area contributed by atoms with E-state index in [9.17, 15) is 4.79 Å². The molecule has 0 saturated heterocycles. The van der Waals surface area contributed by atoms with Crippen LogP contribution in [0.15, 0.2) is 18.2 Å². The Morgan fingerprint density at radius 1 is 1.47 bits per heavy atom. The first kappa shape index (κ1) is 13.1. The van der Waals surface area contributed by atoms with E-state index in [0.29, 0.717) is 13.0 Å². The molecule has 0 saturated carbocycles. The molecule has 0 aliphatic carbocycles. The Hall–Kier alpha value is -1.95. The summed E-state index contributed by atoms with van der Waals surface area (Å²) in [5.41, 5.74) is 8.72. The third kappa shape index (κ3) is 4.60. The Kier molecular flexibility index (Phi) is 5.09. The molecule has 3 heteroatoms. The summed E-state index contributed by atoms with van der Waals surface area (Å²) in [6.07, 6.45) is 1.57. The molecule has 0 aliphatic rings. The molecule has 1 amide bonds. The van der Waals surface area contributed by atoms with Gasteiger partial charge >= 0.3 is 0 Å². The van der Waals surface area contributed by atoms with Crippen molar-refractivity contribution in [1.82, 2.24) is 5.32 Å². The van der Waals surface area contributed by atoms with Crippen LogP contribution in [0.3, 0.4) is 0 Å². The third-order valence-corrected chi connectivity index (χ3v) is 2.38. The Balaban J connectivity index is 2.57. The van der Waals surface area contributed by atoms with Crippen LogP contribution < -0.4 is 11.1 Å². The first-order valence-corrected chi connectivity index (χ1v) is 5.75. The van der Waals surface area contributed by atoms with Gasteiger partial charge in [-0.2, -0.15) is 0 Å². The number of nitrogens with two attached hydrogens (primary N) is 1. The summed E-state index contributed by atoms with van der Waals surface area (Å²) in [7, 11) is 0. The van der Waals surface area contributed by atoms with Crippen LogP contribution in [-0.4, -0.2) is 12.5 Å². The van der Waals surface area contributed by atoms with E-state index < -0.39 is 0 Å². The van der Waals surface area contributed by atoms with E-state index in [0.717, 1.165) is 23.2 Å². The highest BCUT2D eigenvalue weighted by Crippen LogP contribution is 2.13. The van der Waals surface area contributed by atoms with Gasteiger partial charge in [0.25, 0.3) is 0 Å². The number of rotatable bonds is 3. The molecule has 0 aromatic heterocycles. The highest BCUT2D eigenvalue weighted by molar-refractivity contribution is 5.72. The normalized spacial score (nSPS) is 9.29. The van der Waals surface area contributed by atoms with Gasteiger partial charge < -0.3 is 11.1 Å². The summed E-state index contributed by atoms with van der Waals surface area (Å²) in [5, 5.41) is 2.70. The zero-order chi connectivity index (χ0) is 12.7. The number of aryl methyl sites for hydroxylation is 1. The SMILES string of the molecule is CCc1cc(C#CCCNC(C)=O)ccc1N. The van der Waals surface area contributed by atoms with Crippen molar-refractivity contribution < 1.29 is 4.79 Å². The molecule has 0 heterocycles. The van der Waals surface area contributed by atoms with Crippen molar-refractivity contribution in [1.29, 1.82) is 0 Å². The number of amides is 1. The van der Waals surface area contributed by atoms with Crippen LogP contribution in [0.2, 0.25) is 0 Å². The van der Waals surface area contributed by atoms with Gasteiger partial charge in [-0.15, -0.1) is 0 Å². The molecule has 3 N–H and O–H groups in total. The molecule has 1 aromatic rings. The fourth-order valence-electron chi connectivity index (χ4n) is 1.46. The van der Waals surface area contributed by atoms with E-state index in [1.165, 1.54) is 6.92 Å². The molecular formula is C14H18N2O. The third-order valence-electron chi connectivity index (χ3n) is 2.38. The van der Waals surface area contributed by atoms with E-state index in [-0.39, 0.29) is 5.91 Å². The number of nitrogen functional groups attached to an aromatic ring is 1. The summed E-state index contributed by atoms with van der Waals surface area (Å²) >= 11 is 0. The van der Waals surface area contributed by atoms with Crippen molar-refractivity contribution in [3.05, 3.63) is 29.3 Å². The number of hydrogen-bond acceptors (Lipinski definition) is 2. The number of hydrogen-bond donors (Lipinski definition) is 2. The van der Waals surface area contributed by atoms with Gasteiger partial charge in [-0.05, 0) is 30.2 Å². The average Bonchev–Trinajstić information content (AvgIpc) is 2.30. The Labute approximate surface area is 102 Å². The lowest BCUT2D eigenvalue weighted by atomic mass is 10.1. The van der Waals surface area contributed by atoms with Gasteiger partial charge in [0.1, 0.15) is 0 Å². The zero-order valence-corrected chi connectivity index (χ0v) is 10.3. The van der Waals surface area contributed by atoms with Gasteiger partial charge in [0, 0.05) is 31.1 Å². The molecule has 0 fully saturated rings. The molecule has 0 radical (unpaired) electrons. The smallest absolute Gasteiger partial charge is 0.216 e. The van der Waals surface area contributed by atoms with E-state index >= 15 is 0 Å². The lowest BCUT2D eigenvalue weighted by Gasteiger charge is -2.02. The molecule has 0 aliphatic heterocycles. The van der Waals surface area contributed by atoms with Crippen LogP contribution in [0.4, 0.5) is 5.69 Å². The van der Waals surface area contributed by atoms with Crippen molar-refractivity contribution in [2.75, 3.05) is 12.3 Å². The number of carbonyl (C=O) groups is 1. The van der Waals surface area contributed by atoms with Gasteiger partial charge in [-0.3, -0.25) is 4.79 Å². The van der Waals surface area contributed by atoms with Gasteiger partial charge in [0.15, 0.2) is 0 Å². The highest BCUT2D eigenvalue weighted by atomic mass is 16.1. The van der Waals surface area contributed by atoms with Crippen LogP contribution in [0.25, 0.3) is 0 Å². The number of nitrogens with one attached hydrogen (secondary N) is 1. The molecule has 1 rings (SSSR count). The largest absolute Gasteiger partial charge is 0.399 e. The molecule has 1 aromatic carbocycles. The second kappa shape index (κ2) is 6.59. The van der Waals surface area contributed by atoms with Gasteiger partial charge in [0.2, 0.25) is 5.91 Å².